The molecule has 0 aliphatic rings. The SMILES string of the molecule is COc1ccc(NC(N)=NCCOc2ccccc2-c2ccccc2)cc1. The van der Waals surface area contributed by atoms with Crippen LogP contribution in [0.1, 0.15) is 0 Å². The van der Waals surface area contributed by atoms with Gasteiger partial charge in [0.1, 0.15) is 18.1 Å². The molecule has 0 unspecified atom stereocenters. The van der Waals surface area contributed by atoms with Crippen molar-refractivity contribution in [2.45, 2.75) is 0 Å². The molecule has 0 fully saturated rings. The minimum absolute atomic E-state index is 0.347. The lowest BCUT2D eigenvalue weighted by Crippen LogP contribution is -2.23. The Morgan fingerprint density at radius 2 is 1.63 bits per heavy atom. The maximum Gasteiger partial charge on any atom is 0.193 e. The molecule has 0 atom stereocenters. The van der Waals surface area contributed by atoms with Gasteiger partial charge in [0, 0.05) is 11.3 Å². The number of nitrogens with one attached hydrogen (secondary N) is 1. The first-order valence-corrected chi connectivity index (χ1v) is 8.74. The Balaban J connectivity index is 1.54. The zero-order chi connectivity index (χ0) is 18.9. The number of para-hydroxylation sites is 1. The molecule has 5 heteroatoms. The summed E-state index contributed by atoms with van der Waals surface area (Å²) in [6.45, 7) is 0.896. The molecule has 27 heavy (non-hydrogen) atoms. The zero-order valence-electron chi connectivity index (χ0n) is 15.3. The van der Waals surface area contributed by atoms with Crippen molar-refractivity contribution in [3.8, 4) is 22.6 Å². The normalized spacial score (nSPS) is 11.1. The predicted octanol–water partition coefficient (Wildman–Crippen LogP) is 4.17. The summed E-state index contributed by atoms with van der Waals surface area (Å²) in [6, 6.07) is 25.6. The third-order valence-corrected chi connectivity index (χ3v) is 3.97. The number of nitrogens with zero attached hydrogens (tertiary/aromatic N) is 1. The van der Waals surface area contributed by atoms with Crippen LogP contribution >= 0.6 is 0 Å². The summed E-state index contributed by atoms with van der Waals surface area (Å²) in [5.74, 6) is 1.97. The molecular weight excluding hydrogens is 338 g/mol. The maximum atomic E-state index is 5.93. The minimum atomic E-state index is 0.347. The van der Waals surface area contributed by atoms with E-state index in [0.29, 0.717) is 19.1 Å². The Kier molecular flexibility index (Phi) is 6.30. The van der Waals surface area contributed by atoms with Gasteiger partial charge in [-0.3, -0.25) is 0 Å². The molecule has 0 aliphatic heterocycles. The molecule has 3 aromatic carbocycles. The molecule has 5 nitrogen and oxygen atoms in total. The number of nitrogens with two attached hydrogens (primary N) is 1. The zero-order valence-corrected chi connectivity index (χ0v) is 15.3. The van der Waals surface area contributed by atoms with Gasteiger partial charge >= 0.3 is 0 Å². The van der Waals surface area contributed by atoms with Crippen LogP contribution in [-0.2, 0) is 0 Å². The largest absolute Gasteiger partial charge is 0.497 e. The van der Waals surface area contributed by atoms with E-state index >= 15 is 0 Å². The second kappa shape index (κ2) is 9.29. The second-order valence-electron chi connectivity index (χ2n) is 5.83. The van der Waals surface area contributed by atoms with Gasteiger partial charge in [0.05, 0.1) is 13.7 Å². The van der Waals surface area contributed by atoms with Gasteiger partial charge in [-0.05, 0) is 35.9 Å². The average Bonchev–Trinajstić information content (AvgIpc) is 2.73. The number of aliphatic imine (C=N–C) groups is 1. The summed E-state index contributed by atoms with van der Waals surface area (Å²) < 4.78 is 11.0. The van der Waals surface area contributed by atoms with Crippen molar-refractivity contribution < 1.29 is 9.47 Å². The van der Waals surface area contributed by atoms with E-state index in [2.05, 4.69) is 22.4 Å². The van der Waals surface area contributed by atoms with Crippen LogP contribution in [0.2, 0.25) is 0 Å². The second-order valence-corrected chi connectivity index (χ2v) is 5.83. The summed E-state index contributed by atoms with van der Waals surface area (Å²) in [7, 11) is 1.63. The van der Waals surface area contributed by atoms with Crippen LogP contribution in [0.25, 0.3) is 11.1 Å². The van der Waals surface area contributed by atoms with Crippen molar-refractivity contribution in [3.63, 3.8) is 0 Å². The number of methoxy groups -OCH3 is 1. The Morgan fingerprint density at radius 3 is 2.37 bits per heavy atom. The fourth-order valence-corrected chi connectivity index (χ4v) is 2.63. The summed E-state index contributed by atoms with van der Waals surface area (Å²) in [4.78, 5) is 4.31. The van der Waals surface area contributed by atoms with Crippen molar-refractivity contribution in [1.29, 1.82) is 0 Å². The van der Waals surface area contributed by atoms with E-state index in [1.165, 1.54) is 0 Å². The lowest BCUT2D eigenvalue weighted by molar-refractivity contribution is 0.330. The average molecular weight is 361 g/mol. The molecule has 3 aromatic rings. The standard InChI is InChI=1S/C22H23N3O2/c1-26-19-13-11-18(12-14-19)25-22(23)24-15-16-27-21-10-6-5-9-20(21)17-7-3-2-4-8-17/h2-14H,15-16H2,1H3,(H3,23,24,25). The molecule has 0 aromatic heterocycles. The quantitative estimate of drug-likeness (QED) is 0.376. The van der Waals surface area contributed by atoms with Gasteiger partial charge in [0.15, 0.2) is 5.96 Å². The monoisotopic (exact) mass is 361 g/mol. The highest BCUT2D eigenvalue weighted by Crippen LogP contribution is 2.29. The van der Waals surface area contributed by atoms with Crippen molar-refractivity contribution in [1.82, 2.24) is 0 Å². The molecule has 0 heterocycles. The molecule has 0 radical (unpaired) electrons. The Morgan fingerprint density at radius 1 is 0.926 bits per heavy atom. The van der Waals surface area contributed by atoms with Crippen molar-refractivity contribution in [3.05, 3.63) is 78.9 Å². The minimum Gasteiger partial charge on any atom is -0.497 e. The summed E-state index contributed by atoms with van der Waals surface area (Å²) in [5, 5.41) is 3.05. The van der Waals surface area contributed by atoms with E-state index in [1.54, 1.807) is 7.11 Å². The summed E-state index contributed by atoms with van der Waals surface area (Å²) in [6.07, 6.45) is 0. The van der Waals surface area contributed by atoms with Crippen LogP contribution in [0.15, 0.2) is 83.9 Å². The molecule has 3 N–H and O–H groups in total. The molecule has 0 bridgehead atoms. The van der Waals surface area contributed by atoms with E-state index in [1.807, 2.05) is 66.7 Å². The Labute approximate surface area is 159 Å². The fourth-order valence-electron chi connectivity index (χ4n) is 2.63. The van der Waals surface area contributed by atoms with E-state index in [0.717, 1.165) is 28.3 Å². The first-order valence-electron chi connectivity index (χ1n) is 8.74. The molecule has 3 rings (SSSR count). The number of hydrogen-bond acceptors (Lipinski definition) is 3. The lowest BCUT2D eigenvalue weighted by Gasteiger charge is -2.11. The van der Waals surface area contributed by atoms with Crippen LogP contribution in [0.4, 0.5) is 5.69 Å². The van der Waals surface area contributed by atoms with Gasteiger partial charge in [0.2, 0.25) is 0 Å². The summed E-state index contributed by atoms with van der Waals surface area (Å²) in [5.41, 5.74) is 8.97. The molecule has 0 aliphatic carbocycles. The molecule has 0 saturated heterocycles. The first kappa shape index (κ1) is 18.3. The lowest BCUT2D eigenvalue weighted by atomic mass is 10.1. The highest BCUT2D eigenvalue weighted by Gasteiger charge is 2.05. The third-order valence-electron chi connectivity index (χ3n) is 3.97. The molecule has 0 amide bonds. The van der Waals surface area contributed by atoms with Crippen LogP contribution in [0.3, 0.4) is 0 Å². The Bertz CT molecular complexity index is 878. The molecular formula is C22H23N3O2. The van der Waals surface area contributed by atoms with E-state index < -0.39 is 0 Å². The molecule has 0 saturated carbocycles. The van der Waals surface area contributed by atoms with Crippen LogP contribution in [0.5, 0.6) is 11.5 Å². The summed E-state index contributed by atoms with van der Waals surface area (Å²) >= 11 is 0. The van der Waals surface area contributed by atoms with Gasteiger partial charge < -0.3 is 20.5 Å². The number of hydrogen-bond donors (Lipinski definition) is 2. The van der Waals surface area contributed by atoms with Crippen molar-refractivity contribution in [2.24, 2.45) is 10.7 Å². The van der Waals surface area contributed by atoms with Crippen molar-refractivity contribution >= 4 is 11.6 Å². The number of guanidine groups is 1. The van der Waals surface area contributed by atoms with E-state index in [4.69, 9.17) is 15.2 Å². The molecule has 0 spiro atoms. The maximum absolute atomic E-state index is 5.93. The third kappa shape index (κ3) is 5.25. The fraction of sp³-hybridized carbons (Fsp3) is 0.136. The number of ether oxygens (including phenoxy) is 2. The van der Waals surface area contributed by atoms with Crippen LogP contribution in [-0.4, -0.2) is 26.2 Å². The topological polar surface area (TPSA) is 68.9 Å². The van der Waals surface area contributed by atoms with Crippen LogP contribution in [0, 0.1) is 0 Å². The highest BCUT2D eigenvalue weighted by molar-refractivity contribution is 5.92. The van der Waals surface area contributed by atoms with Gasteiger partial charge in [-0.15, -0.1) is 0 Å². The van der Waals surface area contributed by atoms with Gasteiger partial charge in [-0.2, -0.15) is 0 Å². The van der Waals surface area contributed by atoms with Gasteiger partial charge in [-0.1, -0.05) is 48.5 Å². The predicted molar refractivity (Wildman–Crippen MR) is 110 cm³/mol. The molecule has 138 valence electrons. The van der Waals surface area contributed by atoms with Gasteiger partial charge in [0.25, 0.3) is 0 Å². The Hall–Kier alpha value is -3.47. The van der Waals surface area contributed by atoms with E-state index in [9.17, 15) is 0 Å². The number of rotatable bonds is 7. The van der Waals surface area contributed by atoms with Crippen molar-refractivity contribution in [2.75, 3.05) is 25.6 Å². The smallest absolute Gasteiger partial charge is 0.193 e. The van der Waals surface area contributed by atoms with Gasteiger partial charge in [-0.25, -0.2) is 4.99 Å². The number of anilines is 1. The first-order chi connectivity index (χ1) is 13.3. The van der Waals surface area contributed by atoms with Crippen LogP contribution < -0.4 is 20.5 Å². The van der Waals surface area contributed by atoms with E-state index in [-0.39, 0.29) is 0 Å². The number of benzene rings is 3. The highest BCUT2D eigenvalue weighted by atomic mass is 16.5.